The fourth-order valence-corrected chi connectivity index (χ4v) is 3.13. The third kappa shape index (κ3) is 4.43. The van der Waals surface area contributed by atoms with E-state index in [1.54, 1.807) is 12.1 Å². The molecule has 1 aromatic carbocycles. The van der Waals surface area contributed by atoms with Gasteiger partial charge in [0.25, 0.3) is 5.91 Å². The highest BCUT2D eigenvalue weighted by Crippen LogP contribution is 2.23. The Bertz CT molecular complexity index is 951. The first-order valence-electron chi connectivity index (χ1n) is 8.29. The van der Waals surface area contributed by atoms with Crippen molar-refractivity contribution < 1.29 is 14.1 Å². The number of rotatable bonds is 7. The molecular formula is C18H17BrN4O4. The quantitative estimate of drug-likeness (QED) is 0.447. The molecule has 0 aliphatic carbocycles. The van der Waals surface area contributed by atoms with Crippen LogP contribution in [-0.4, -0.2) is 20.6 Å². The SMILES string of the molecule is CCC(NC(=O)c1ccc(Cn2cc(Br)c([N+](=O)[O-])n2)o1)c1ccccc1. The van der Waals surface area contributed by atoms with Crippen LogP contribution in [0.5, 0.6) is 0 Å². The van der Waals surface area contributed by atoms with Gasteiger partial charge in [-0.1, -0.05) is 37.3 Å². The molecule has 0 saturated carbocycles. The number of benzene rings is 1. The van der Waals surface area contributed by atoms with Crippen molar-refractivity contribution in [3.05, 3.63) is 80.3 Å². The molecule has 0 saturated heterocycles. The van der Waals surface area contributed by atoms with Crippen molar-refractivity contribution in [1.29, 1.82) is 0 Å². The summed E-state index contributed by atoms with van der Waals surface area (Å²) in [5, 5.41) is 17.7. The Morgan fingerprint density at radius 3 is 2.70 bits per heavy atom. The number of furan rings is 1. The zero-order valence-corrected chi connectivity index (χ0v) is 16.0. The largest absolute Gasteiger partial charge is 0.454 e. The molecule has 2 aromatic heterocycles. The summed E-state index contributed by atoms with van der Waals surface area (Å²) in [6, 6.07) is 12.8. The van der Waals surface area contributed by atoms with Gasteiger partial charge in [-0.2, -0.15) is 4.68 Å². The third-order valence-corrected chi connectivity index (χ3v) is 4.55. The lowest BCUT2D eigenvalue weighted by molar-refractivity contribution is -0.390. The predicted octanol–water partition coefficient (Wildman–Crippen LogP) is 4.08. The summed E-state index contributed by atoms with van der Waals surface area (Å²) in [6.45, 7) is 2.17. The maximum absolute atomic E-state index is 12.5. The van der Waals surface area contributed by atoms with Crippen molar-refractivity contribution >= 4 is 27.7 Å². The van der Waals surface area contributed by atoms with E-state index in [1.165, 1.54) is 10.9 Å². The van der Waals surface area contributed by atoms with E-state index in [4.69, 9.17) is 4.42 Å². The summed E-state index contributed by atoms with van der Waals surface area (Å²) in [4.78, 5) is 22.8. The van der Waals surface area contributed by atoms with E-state index in [0.29, 0.717) is 5.76 Å². The molecule has 1 amide bonds. The summed E-state index contributed by atoms with van der Waals surface area (Å²) in [5.41, 5.74) is 1.02. The number of nitrogens with zero attached hydrogens (tertiary/aromatic N) is 3. The summed E-state index contributed by atoms with van der Waals surface area (Å²) in [6.07, 6.45) is 2.23. The van der Waals surface area contributed by atoms with Gasteiger partial charge in [0.1, 0.15) is 16.8 Å². The molecule has 140 valence electrons. The first-order chi connectivity index (χ1) is 13.0. The Labute approximate surface area is 163 Å². The minimum atomic E-state index is -0.573. The molecule has 3 rings (SSSR count). The van der Waals surface area contributed by atoms with Gasteiger partial charge in [0, 0.05) is 0 Å². The molecule has 1 N–H and O–H groups in total. The average molecular weight is 433 g/mol. The highest BCUT2D eigenvalue weighted by atomic mass is 79.9. The van der Waals surface area contributed by atoms with Crippen molar-refractivity contribution in [2.75, 3.05) is 0 Å². The zero-order valence-electron chi connectivity index (χ0n) is 14.5. The number of amides is 1. The number of hydrogen-bond acceptors (Lipinski definition) is 5. The Hall–Kier alpha value is -2.94. The lowest BCUT2D eigenvalue weighted by atomic mass is 10.0. The first-order valence-corrected chi connectivity index (χ1v) is 9.09. The minimum absolute atomic E-state index is 0.114. The molecule has 0 fully saturated rings. The molecular weight excluding hydrogens is 416 g/mol. The second-order valence-corrected chi connectivity index (χ2v) is 6.72. The average Bonchev–Trinajstić information content (AvgIpc) is 3.27. The maximum atomic E-state index is 12.5. The fourth-order valence-electron chi connectivity index (χ4n) is 2.67. The lowest BCUT2D eigenvalue weighted by Crippen LogP contribution is -2.27. The molecule has 0 spiro atoms. The van der Waals surface area contributed by atoms with Crippen LogP contribution in [0.1, 0.15) is 41.3 Å². The van der Waals surface area contributed by atoms with Crippen LogP contribution in [0.4, 0.5) is 5.82 Å². The van der Waals surface area contributed by atoms with Crippen LogP contribution < -0.4 is 5.32 Å². The van der Waals surface area contributed by atoms with Gasteiger partial charge in [0.2, 0.25) is 0 Å². The lowest BCUT2D eigenvalue weighted by Gasteiger charge is -2.16. The summed E-state index contributed by atoms with van der Waals surface area (Å²) in [7, 11) is 0. The van der Waals surface area contributed by atoms with Gasteiger partial charge in [-0.15, -0.1) is 0 Å². The maximum Gasteiger partial charge on any atom is 0.404 e. The molecule has 0 bridgehead atoms. The number of nitro groups is 1. The van der Waals surface area contributed by atoms with E-state index >= 15 is 0 Å². The highest BCUT2D eigenvalue weighted by Gasteiger charge is 2.21. The second-order valence-electron chi connectivity index (χ2n) is 5.87. The number of hydrogen-bond donors (Lipinski definition) is 1. The Morgan fingerprint density at radius 2 is 2.07 bits per heavy atom. The summed E-state index contributed by atoms with van der Waals surface area (Å²) in [5.74, 6) is 0.0654. The minimum Gasteiger partial charge on any atom is -0.454 e. The fraction of sp³-hybridized carbons (Fsp3) is 0.222. The number of carbonyl (C=O) groups is 1. The van der Waals surface area contributed by atoms with Gasteiger partial charge in [0.15, 0.2) is 5.76 Å². The van der Waals surface area contributed by atoms with Crippen molar-refractivity contribution in [2.24, 2.45) is 0 Å². The van der Waals surface area contributed by atoms with E-state index in [-0.39, 0.29) is 34.5 Å². The Morgan fingerprint density at radius 1 is 1.33 bits per heavy atom. The van der Waals surface area contributed by atoms with Crippen molar-refractivity contribution in [2.45, 2.75) is 25.9 Å². The summed E-state index contributed by atoms with van der Waals surface area (Å²) >= 11 is 3.10. The molecule has 9 heteroatoms. The molecule has 8 nitrogen and oxygen atoms in total. The van der Waals surface area contributed by atoms with Gasteiger partial charge in [-0.25, -0.2) is 0 Å². The van der Waals surface area contributed by atoms with E-state index < -0.39 is 4.92 Å². The van der Waals surface area contributed by atoms with Crippen LogP contribution in [-0.2, 0) is 6.54 Å². The van der Waals surface area contributed by atoms with Gasteiger partial charge >= 0.3 is 5.82 Å². The van der Waals surface area contributed by atoms with Gasteiger partial charge in [0.05, 0.1) is 17.3 Å². The van der Waals surface area contributed by atoms with Crippen molar-refractivity contribution in [3.63, 3.8) is 0 Å². The van der Waals surface area contributed by atoms with Crippen molar-refractivity contribution in [1.82, 2.24) is 15.1 Å². The smallest absolute Gasteiger partial charge is 0.404 e. The van der Waals surface area contributed by atoms with Crippen molar-refractivity contribution in [3.8, 4) is 0 Å². The van der Waals surface area contributed by atoms with E-state index in [2.05, 4.69) is 26.3 Å². The molecule has 2 heterocycles. The van der Waals surface area contributed by atoms with Crippen LogP contribution in [0.2, 0.25) is 0 Å². The van der Waals surface area contributed by atoms with E-state index in [0.717, 1.165) is 12.0 Å². The second kappa shape index (κ2) is 8.17. The molecule has 3 aromatic rings. The normalized spacial score (nSPS) is 11.9. The summed E-state index contributed by atoms with van der Waals surface area (Å²) < 4.78 is 7.24. The molecule has 1 atom stereocenters. The molecule has 0 aliphatic heterocycles. The number of aromatic nitrogens is 2. The molecule has 0 radical (unpaired) electrons. The first kappa shape index (κ1) is 18.8. The van der Waals surface area contributed by atoms with Crippen LogP contribution in [0.25, 0.3) is 0 Å². The number of nitrogens with one attached hydrogen (secondary N) is 1. The van der Waals surface area contributed by atoms with Crippen LogP contribution in [0, 0.1) is 10.1 Å². The van der Waals surface area contributed by atoms with Gasteiger partial charge < -0.3 is 19.8 Å². The van der Waals surface area contributed by atoms with E-state index in [1.807, 2.05) is 37.3 Å². The number of halogens is 1. The number of carbonyl (C=O) groups excluding carboxylic acids is 1. The predicted molar refractivity (Wildman–Crippen MR) is 101 cm³/mol. The monoisotopic (exact) mass is 432 g/mol. The molecule has 0 aliphatic rings. The van der Waals surface area contributed by atoms with Gasteiger partial charge in [-0.05, 0) is 45.0 Å². The third-order valence-electron chi connectivity index (χ3n) is 3.99. The highest BCUT2D eigenvalue weighted by molar-refractivity contribution is 9.10. The Kier molecular flexibility index (Phi) is 5.70. The Balaban J connectivity index is 1.68. The standard InChI is InChI=1S/C18H17BrN4O4/c1-2-15(12-6-4-3-5-7-12)20-18(24)16-9-8-13(27-16)10-22-11-14(19)17(21-22)23(25)26/h3-9,11,15H,2,10H2,1H3,(H,20,24). The molecule has 1 unspecified atom stereocenters. The topological polar surface area (TPSA) is 103 Å². The zero-order chi connectivity index (χ0) is 19.4. The van der Waals surface area contributed by atoms with Gasteiger partial charge in [-0.3, -0.25) is 4.79 Å². The van der Waals surface area contributed by atoms with Crippen LogP contribution in [0.15, 0.2) is 57.6 Å². The van der Waals surface area contributed by atoms with E-state index in [9.17, 15) is 14.9 Å². The van der Waals surface area contributed by atoms with Crippen LogP contribution >= 0.6 is 15.9 Å². The molecule has 27 heavy (non-hydrogen) atoms. The van der Waals surface area contributed by atoms with Crippen LogP contribution in [0.3, 0.4) is 0 Å².